The first-order valence-corrected chi connectivity index (χ1v) is 7.76. The molecule has 1 aromatic rings. The van der Waals surface area contributed by atoms with Crippen LogP contribution >= 0.6 is 0 Å². The molecule has 0 aliphatic rings. The van der Waals surface area contributed by atoms with Crippen LogP contribution in [0.15, 0.2) is 24.3 Å². The van der Waals surface area contributed by atoms with Gasteiger partial charge in [0.15, 0.2) is 0 Å². The molecular formula is C17H29NO2. The van der Waals surface area contributed by atoms with Gasteiger partial charge in [-0.25, -0.2) is 0 Å². The second-order valence-corrected chi connectivity index (χ2v) is 5.02. The van der Waals surface area contributed by atoms with E-state index in [9.17, 15) is 0 Å². The van der Waals surface area contributed by atoms with Crippen molar-refractivity contribution in [2.24, 2.45) is 0 Å². The molecule has 20 heavy (non-hydrogen) atoms. The summed E-state index contributed by atoms with van der Waals surface area (Å²) in [6.45, 7) is 6.92. The van der Waals surface area contributed by atoms with E-state index in [1.54, 1.807) is 7.11 Å². The van der Waals surface area contributed by atoms with Crippen LogP contribution in [-0.2, 0) is 4.74 Å². The SMILES string of the molecule is CCCCOc1ccc(C(CCCOC)NCC)cc1. The number of benzene rings is 1. The number of nitrogens with one attached hydrogen (secondary N) is 1. The normalized spacial score (nSPS) is 12.3. The average Bonchev–Trinajstić information content (AvgIpc) is 2.48. The third-order valence-electron chi connectivity index (χ3n) is 3.34. The van der Waals surface area contributed by atoms with E-state index in [1.807, 2.05) is 0 Å². The predicted molar refractivity (Wildman–Crippen MR) is 84.4 cm³/mol. The third-order valence-corrected chi connectivity index (χ3v) is 3.34. The fourth-order valence-corrected chi connectivity index (χ4v) is 2.20. The van der Waals surface area contributed by atoms with E-state index < -0.39 is 0 Å². The summed E-state index contributed by atoms with van der Waals surface area (Å²) in [6.07, 6.45) is 4.44. The van der Waals surface area contributed by atoms with Gasteiger partial charge in [-0.2, -0.15) is 0 Å². The van der Waals surface area contributed by atoms with Crippen LogP contribution in [0.5, 0.6) is 5.75 Å². The number of methoxy groups -OCH3 is 1. The molecule has 0 spiro atoms. The monoisotopic (exact) mass is 279 g/mol. The summed E-state index contributed by atoms with van der Waals surface area (Å²) in [7, 11) is 1.75. The van der Waals surface area contributed by atoms with Gasteiger partial charge in [-0.15, -0.1) is 0 Å². The molecular weight excluding hydrogens is 250 g/mol. The fourth-order valence-electron chi connectivity index (χ4n) is 2.20. The summed E-state index contributed by atoms with van der Waals surface area (Å²) in [5, 5.41) is 3.53. The largest absolute Gasteiger partial charge is 0.494 e. The van der Waals surface area contributed by atoms with Crippen LogP contribution in [-0.4, -0.2) is 26.9 Å². The lowest BCUT2D eigenvalue weighted by Gasteiger charge is -2.18. The minimum absolute atomic E-state index is 0.403. The smallest absolute Gasteiger partial charge is 0.119 e. The Morgan fingerprint density at radius 1 is 1.05 bits per heavy atom. The van der Waals surface area contributed by atoms with Crippen molar-refractivity contribution in [3.63, 3.8) is 0 Å². The minimum Gasteiger partial charge on any atom is -0.494 e. The quantitative estimate of drug-likeness (QED) is 0.622. The molecule has 0 bridgehead atoms. The Labute approximate surface area is 123 Å². The highest BCUT2D eigenvalue weighted by atomic mass is 16.5. The van der Waals surface area contributed by atoms with E-state index in [2.05, 4.69) is 43.4 Å². The zero-order chi connectivity index (χ0) is 14.6. The van der Waals surface area contributed by atoms with Crippen molar-refractivity contribution >= 4 is 0 Å². The molecule has 0 aliphatic carbocycles. The fraction of sp³-hybridized carbons (Fsp3) is 0.647. The van der Waals surface area contributed by atoms with Crippen molar-refractivity contribution in [1.29, 1.82) is 0 Å². The van der Waals surface area contributed by atoms with Crippen LogP contribution in [0, 0.1) is 0 Å². The Kier molecular flexibility index (Phi) is 9.09. The number of rotatable bonds is 11. The second-order valence-electron chi connectivity index (χ2n) is 5.02. The first-order valence-electron chi connectivity index (χ1n) is 7.76. The minimum atomic E-state index is 0.403. The Morgan fingerprint density at radius 2 is 1.80 bits per heavy atom. The molecule has 0 radical (unpaired) electrons. The Balaban J connectivity index is 2.53. The van der Waals surface area contributed by atoms with Crippen molar-refractivity contribution in [2.75, 3.05) is 26.9 Å². The molecule has 0 fully saturated rings. The lowest BCUT2D eigenvalue weighted by molar-refractivity contribution is 0.189. The van der Waals surface area contributed by atoms with Gasteiger partial charge in [0.25, 0.3) is 0 Å². The Bertz CT molecular complexity index is 337. The Hall–Kier alpha value is -1.06. The van der Waals surface area contributed by atoms with Gasteiger partial charge < -0.3 is 14.8 Å². The predicted octanol–water partition coefficient (Wildman–Crippen LogP) is 3.94. The van der Waals surface area contributed by atoms with Crippen LogP contribution in [0.1, 0.15) is 51.1 Å². The molecule has 0 aromatic heterocycles. The maximum absolute atomic E-state index is 5.70. The standard InChI is InChI=1S/C17H29NO2/c1-4-6-14-20-16-11-9-15(10-12-16)17(18-5-2)8-7-13-19-3/h9-12,17-18H,4-8,13-14H2,1-3H3. The van der Waals surface area contributed by atoms with Gasteiger partial charge >= 0.3 is 0 Å². The highest BCUT2D eigenvalue weighted by Gasteiger charge is 2.09. The number of hydrogen-bond donors (Lipinski definition) is 1. The van der Waals surface area contributed by atoms with Gasteiger partial charge in [0.2, 0.25) is 0 Å². The molecule has 114 valence electrons. The van der Waals surface area contributed by atoms with Crippen molar-refractivity contribution in [2.45, 2.75) is 45.6 Å². The van der Waals surface area contributed by atoms with Crippen LogP contribution < -0.4 is 10.1 Å². The molecule has 1 atom stereocenters. The van der Waals surface area contributed by atoms with Gasteiger partial charge in [0.1, 0.15) is 5.75 Å². The summed E-state index contributed by atoms with van der Waals surface area (Å²) in [5.41, 5.74) is 1.32. The second kappa shape index (κ2) is 10.7. The molecule has 1 N–H and O–H groups in total. The summed E-state index contributed by atoms with van der Waals surface area (Å²) >= 11 is 0. The van der Waals surface area contributed by atoms with Crippen molar-refractivity contribution in [3.05, 3.63) is 29.8 Å². The maximum atomic E-state index is 5.70. The highest BCUT2D eigenvalue weighted by Crippen LogP contribution is 2.21. The van der Waals surface area contributed by atoms with Gasteiger partial charge in [-0.1, -0.05) is 32.4 Å². The first kappa shape index (κ1) is 17.0. The molecule has 3 nitrogen and oxygen atoms in total. The van der Waals surface area contributed by atoms with E-state index >= 15 is 0 Å². The van der Waals surface area contributed by atoms with Crippen LogP contribution in [0.2, 0.25) is 0 Å². The van der Waals surface area contributed by atoms with E-state index in [0.29, 0.717) is 6.04 Å². The van der Waals surface area contributed by atoms with Gasteiger partial charge in [0, 0.05) is 19.8 Å². The number of unbranched alkanes of at least 4 members (excludes halogenated alkanes) is 1. The Morgan fingerprint density at radius 3 is 2.40 bits per heavy atom. The molecule has 3 heteroatoms. The molecule has 1 aromatic carbocycles. The topological polar surface area (TPSA) is 30.5 Å². The van der Waals surface area contributed by atoms with Crippen LogP contribution in [0.25, 0.3) is 0 Å². The van der Waals surface area contributed by atoms with E-state index in [0.717, 1.165) is 44.8 Å². The molecule has 0 saturated heterocycles. The summed E-state index contributed by atoms with van der Waals surface area (Å²) < 4.78 is 10.8. The zero-order valence-electron chi connectivity index (χ0n) is 13.2. The third kappa shape index (κ3) is 6.40. The highest BCUT2D eigenvalue weighted by molar-refractivity contribution is 5.29. The van der Waals surface area contributed by atoms with Crippen LogP contribution in [0.3, 0.4) is 0 Å². The van der Waals surface area contributed by atoms with Gasteiger partial charge in [-0.3, -0.25) is 0 Å². The number of ether oxygens (including phenoxy) is 2. The summed E-state index contributed by atoms with van der Waals surface area (Å²) in [5.74, 6) is 0.967. The average molecular weight is 279 g/mol. The van der Waals surface area contributed by atoms with Gasteiger partial charge in [0.05, 0.1) is 6.61 Å². The van der Waals surface area contributed by atoms with Crippen molar-refractivity contribution < 1.29 is 9.47 Å². The molecule has 1 rings (SSSR count). The zero-order valence-corrected chi connectivity index (χ0v) is 13.2. The van der Waals surface area contributed by atoms with Crippen molar-refractivity contribution in [1.82, 2.24) is 5.32 Å². The first-order chi connectivity index (χ1) is 9.81. The summed E-state index contributed by atoms with van der Waals surface area (Å²) in [4.78, 5) is 0. The van der Waals surface area contributed by atoms with E-state index in [-0.39, 0.29) is 0 Å². The molecule has 1 unspecified atom stereocenters. The van der Waals surface area contributed by atoms with Crippen molar-refractivity contribution in [3.8, 4) is 5.75 Å². The van der Waals surface area contributed by atoms with E-state index in [1.165, 1.54) is 12.0 Å². The lowest BCUT2D eigenvalue weighted by Crippen LogP contribution is -2.21. The number of hydrogen-bond acceptors (Lipinski definition) is 3. The molecule has 0 aliphatic heterocycles. The maximum Gasteiger partial charge on any atom is 0.119 e. The lowest BCUT2D eigenvalue weighted by atomic mass is 10.0. The molecule has 0 amide bonds. The summed E-state index contributed by atoms with van der Waals surface area (Å²) in [6, 6.07) is 8.89. The molecule has 0 heterocycles. The molecule has 0 saturated carbocycles. The van der Waals surface area contributed by atoms with Gasteiger partial charge in [-0.05, 0) is 43.5 Å². The van der Waals surface area contributed by atoms with Crippen LogP contribution in [0.4, 0.5) is 0 Å². The van der Waals surface area contributed by atoms with E-state index in [4.69, 9.17) is 9.47 Å².